The lowest BCUT2D eigenvalue weighted by Crippen LogP contribution is -2.34. The number of hydrogen-bond donors (Lipinski definition) is 4. The number of aliphatic hydroxyl groups is 1. The van der Waals surface area contributed by atoms with Crippen molar-refractivity contribution in [1.29, 1.82) is 0 Å². The fraction of sp³-hybridized carbons (Fsp3) is 0.294. The normalized spacial score (nSPS) is 19.1. The Morgan fingerprint density at radius 3 is 2.64 bits per heavy atom. The largest absolute Gasteiger partial charge is 0.391 e. The van der Waals surface area contributed by atoms with Crippen LogP contribution in [0.1, 0.15) is 20.0 Å². The second-order valence-corrected chi connectivity index (χ2v) is 6.62. The monoisotopic (exact) mass is 381 g/mol. The summed E-state index contributed by atoms with van der Waals surface area (Å²) in [6.07, 6.45) is -0.445. The molecule has 1 saturated heterocycles. The van der Waals surface area contributed by atoms with Gasteiger partial charge in [0.1, 0.15) is 0 Å². The Morgan fingerprint density at radius 2 is 1.96 bits per heavy atom. The van der Waals surface area contributed by atoms with E-state index in [1.807, 2.05) is 5.38 Å². The zero-order chi connectivity index (χ0) is 16.9. The first kappa shape index (κ1) is 19.4. The van der Waals surface area contributed by atoms with E-state index in [1.54, 1.807) is 36.4 Å². The van der Waals surface area contributed by atoms with Crippen LogP contribution in [0.25, 0.3) is 0 Å². The number of amides is 2. The number of aliphatic hydroxyl groups excluding tert-OH is 1. The molecule has 0 saturated carbocycles. The predicted octanol–water partition coefficient (Wildman–Crippen LogP) is 1.73. The van der Waals surface area contributed by atoms with E-state index in [-0.39, 0.29) is 30.1 Å². The molecule has 6 nitrogen and oxygen atoms in total. The van der Waals surface area contributed by atoms with Gasteiger partial charge in [0, 0.05) is 25.6 Å². The summed E-state index contributed by atoms with van der Waals surface area (Å²) in [6.45, 7) is 1.62. The second-order valence-electron chi connectivity index (χ2n) is 5.67. The molecule has 1 aromatic carbocycles. The summed E-state index contributed by atoms with van der Waals surface area (Å²) in [5.41, 5.74) is 0.876. The molecule has 2 atom stereocenters. The van der Waals surface area contributed by atoms with Gasteiger partial charge in [-0.1, -0.05) is 18.2 Å². The third-order valence-corrected chi connectivity index (χ3v) is 4.86. The number of halogens is 1. The summed E-state index contributed by atoms with van der Waals surface area (Å²) in [5, 5.41) is 20.3. The van der Waals surface area contributed by atoms with Gasteiger partial charge < -0.3 is 21.1 Å². The first-order chi connectivity index (χ1) is 11.6. The summed E-state index contributed by atoms with van der Waals surface area (Å²) in [4.78, 5) is 25.2. The second kappa shape index (κ2) is 8.96. The lowest BCUT2D eigenvalue weighted by Gasteiger charge is -2.15. The quantitative estimate of drug-likeness (QED) is 0.635. The van der Waals surface area contributed by atoms with Crippen molar-refractivity contribution in [3.05, 3.63) is 52.2 Å². The van der Waals surface area contributed by atoms with Gasteiger partial charge in [0.15, 0.2) is 0 Å². The van der Waals surface area contributed by atoms with Gasteiger partial charge in [0.25, 0.3) is 11.8 Å². The highest BCUT2D eigenvalue weighted by Crippen LogP contribution is 2.18. The minimum absolute atomic E-state index is 0. The van der Waals surface area contributed by atoms with Crippen molar-refractivity contribution in [2.24, 2.45) is 5.92 Å². The minimum atomic E-state index is -0.445. The molecule has 8 heteroatoms. The Hall–Kier alpha value is -1.93. The number of rotatable bonds is 5. The van der Waals surface area contributed by atoms with Crippen LogP contribution in [0.5, 0.6) is 0 Å². The maximum atomic E-state index is 12.4. The van der Waals surface area contributed by atoms with Crippen LogP contribution in [0.15, 0.2) is 41.8 Å². The van der Waals surface area contributed by atoms with Crippen molar-refractivity contribution < 1.29 is 14.7 Å². The number of thiophene rings is 1. The molecule has 0 radical (unpaired) electrons. The Balaban J connectivity index is 0.00000225. The average Bonchev–Trinajstić information content (AvgIpc) is 3.25. The molecule has 4 N–H and O–H groups in total. The molecule has 0 aliphatic carbocycles. The summed E-state index contributed by atoms with van der Waals surface area (Å²) in [7, 11) is 0. The fourth-order valence-corrected chi connectivity index (χ4v) is 3.25. The third-order valence-electron chi connectivity index (χ3n) is 3.99. The van der Waals surface area contributed by atoms with Crippen molar-refractivity contribution in [3.8, 4) is 0 Å². The molecule has 1 aliphatic heterocycles. The van der Waals surface area contributed by atoms with Crippen LogP contribution in [0.2, 0.25) is 0 Å². The van der Waals surface area contributed by atoms with Gasteiger partial charge >= 0.3 is 0 Å². The molecule has 2 heterocycles. The highest BCUT2D eigenvalue weighted by molar-refractivity contribution is 7.12. The van der Waals surface area contributed by atoms with Crippen LogP contribution in [0.3, 0.4) is 0 Å². The van der Waals surface area contributed by atoms with E-state index < -0.39 is 6.10 Å². The van der Waals surface area contributed by atoms with Gasteiger partial charge in [0.05, 0.1) is 22.2 Å². The van der Waals surface area contributed by atoms with Gasteiger partial charge in [-0.2, -0.15) is 0 Å². The summed E-state index contributed by atoms with van der Waals surface area (Å²) >= 11 is 1.34. The molecular formula is C17H20ClN3O3S. The number of carbonyl (C=O) groups is 2. The van der Waals surface area contributed by atoms with Gasteiger partial charge in [-0.3, -0.25) is 9.59 Å². The topological polar surface area (TPSA) is 90.5 Å². The summed E-state index contributed by atoms with van der Waals surface area (Å²) in [6, 6.07) is 10.4. The maximum Gasteiger partial charge on any atom is 0.265 e. The molecule has 1 aliphatic rings. The van der Waals surface area contributed by atoms with Gasteiger partial charge in [-0.05, 0) is 23.6 Å². The van der Waals surface area contributed by atoms with E-state index >= 15 is 0 Å². The molecule has 1 fully saturated rings. The van der Waals surface area contributed by atoms with Crippen molar-refractivity contribution in [2.45, 2.75) is 6.10 Å². The first-order valence-corrected chi connectivity index (χ1v) is 8.64. The standard InChI is InChI=1S/C17H19N3O3S.ClH/c21-14-10-18-8-11(14)9-19-16(22)12-4-1-2-5-13(12)20-17(23)15-6-3-7-24-15;/h1-7,11,14,18,21H,8-10H2,(H,19,22)(H,20,23);1H. The number of anilines is 1. The minimum Gasteiger partial charge on any atom is -0.391 e. The smallest absolute Gasteiger partial charge is 0.265 e. The molecule has 134 valence electrons. The number of nitrogens with one attached hydrogen (secondary N) is 3. The van der Waals surface area contributed by atoms with Crippen LogP contribution in [0.4, 0.5) is 5.69 Å². The first-order valence-electron chi connectivity index (χ1n) is 7.76. The van der Waals surface area contributed by atoms with Crippen molar-refractivity contribution in [1.82, 2.24) is 10.6 Å². The fourth-order valence-electron chi connectivity index (χ4n) is 2.63. The Kier molecular flexibility index (Phi) is 6.95. The molecule has 2 aromatic rings. The predicted molar refractivity (Wildman–Crippen MR) is 101 cm³/mol. The molecule has 2 amide bonds. The SMILES string of the molecule is Cl.O=C(Nc1ccccc1C(=O)NCC1CNCC1O)c1cccs1. The summed E-state index contributed by atoms with van der Waals surface area (Å²) < 4.78 is 0. The van der Waals surface area contributed by atoms with E-state index in [0.29, 0.717) is 35.8 Å². The Bertz CT molecular complexity index is 724. The summed E-state index contributed by atoms with van der Waals surface area (Å²) in [5.74, 6) is -0.501. The lowest BCUT2D eigenvalue weighted by atomic mass is 10.1. The Labute approximate surface area is 156 Å². The highest BCUT2D eigenvalue weighted by Gasteiger charge is 2.25. The van der Waals surface area contributed by atoms with E-state index in [4.69, 9.17) is 0 Å². The lowest BCUT2D eigenvalue weighted by molar-refractivity contribution is 0.0928. The van der Waals surface area contributed by atoms with E-state index in [9.17, 15) is 14.7 Å². The highest BCUT2D eigenvalue weighted by atomic mass is 35.5. The van der Waals surface area contributed by atoms with Crippen molar-refractivity contribution >= 4 is 41.2 Å². The number of para-hydroxylation sites is 1. The molecule has 3 rings (SSSR count). The van der Waals surface area contributed by atoms with Crippen LogP contribution in [-0.4, -0.2) is 42.7 Å². The average molecular weight is 382 g/mol. The number of hydrogen-bond acceptors (Lipinski definition) is 5. The van der Waals surface area contributed by atoms with Gasteiger partial charge in [-0.25, -0.2) is 0 Å². The maximum absolute atomic E-state index is 12.4. The zero-order valence-electron chi connectivity index (χ0n) is 13.4. The van der Waals surface area contributed by atoms with Crippen LogP contribution in [-0.2, 0) is 0 Å². The van der Waals surface area contributed by atoms with Crippen LogP contribution in [0, 0.1) is 5.92 Å². The molecule has 0 spiro atoms. The van der Waals surface area contributed by atoms with E-state index in [0.717, 1.165) is 0 Å². The van der Waals surface area contributed by atoms with Crippen molar-refractivity contribution in [2.75, 3.05) is 25.0 Å². The van der Waals surface area contributed by atoms with Gasteiger partial charge in [0.2, 0.25) is 0 Å². The number of carbonyl (C=O) groups excluding carboxylic acids is 2. The van der Waals surface area contributed by atoms with Gasteiger partial charge in [-0.15, -0.1) is 23.7 Å². The molecular weight excluding hydrogens is 362 g/mol. The van der Waals surface area contributed by atoms with E-state index in [1.165, 1.54) is 11.3 Å². The molecule has 25 heavy (non-hydrogen) atoms. The van der Waals surface area contributed by atoms with Crippen LogP contribution >= 0.6 is 23.7 Å². The number of benzene rings is 1. The van der Waals surface area contributed by atoms with Crippen LogP contribution < -0.4 is 16.0 Å². The third kappa shape index (κ3) is 4.79. The number of β-amino-alcohol motifs (C(OH)–C–C–N with tert-alkyl or cyclic N) is 1. The van der Waals surface area contributed by atoms with Crippen molar-refractivity contribution in [3.63, 3.8) is 0 Å². The Morgan fingerprint density at radius 1 is 1.16 bits per heavy atom. The zero-order valence-corrected chi connectivity index (χ0v) is 15.0. The molecule has 1 aromatic heterocycles. The molecule has 0 bridgehead atoms. The van der Waals surface area contributed by atoms with E-state index in [2.05, 4.69) is 16.0 Å². The molecule has 2 unspecified atom stereocenters.